The van der Waals surface area contributed by atoms with Crippen molar-refractivity contribution < 1.29 is 20.5 Å². The fourth-order valence-corrected chi connectivity index (χ4v) is 3.67. The molecule has 0 aliphatic rings. The van der Waals surface area contributed by atoms with Gasteiger partial charge in [-0.3, -0.25) is 0 Å². The van der Waals surface area contributed by atoms with E-state index in [0.717, 1.165) is 16.7 Å². The summed E-state index contributed by atoms with van der Waals surface area (Å²) in [6, 6.07) is 23.4. The third kappa shape index (κ3) is 4.03. The van der Waals surface area contributed by atoms with E-state index >= 15 is 0 Å². The van der Waals surface area contributed by atoms with Gasteiger partial charge in [0.2, 0.25) is 0 Å². The summed E-state index contributed by atoms with van der Waals surface area (Å²) in [7, 11) is 0. The van der Waals surface area contributed by atoms with Crippen molar-refractivity contribution in [2.75, 3.05) is 0 Å². The first kappa shape index (κ1) is 22.2. The van der Waals surface area contributed by atoms with E-state index in [1.165, 1.54) is 0 Å². The average Bonchev–Trinajstić information content (AvgIpc) is 2.69. The summed E-state index contributed by atoms with van der Waals surface area (Å²) in [5.74, 6) is -1.30. The van der Waals surface area contributed by atoms with Crippen LogP contribution in [-0.4, -0.2) is 21.7 Å². The maximum absolute atomic E-state index is 11.9. The Morgan fingerprint density at radius 2 is 1.17 bits per heavy atom. The van der Waals surface area contributed by atoms with Crippen LogP contribution in [0.2, 0.25) is 0 Å². The molecule has 0 fully saturated rings. The lowest BCUT2D eigenvalue weighted by molar-refractivity contribution is 0.0693. The Kier molecular flexibility index (Phi) is 6.19. The van der Waals surface area contributed by atoms with Gasteiger partial charge in [0.05, 0.1) is 0 Å². The van der Waals surface area contributed by atoms with E-state index in [9.17, 15) is 15.0 Å². The molecule has 4 heteroatoms. The summed E-state index contributed by atoms with van der Waals surface area (Å²) in [4.78, 5) is 11.9. The highest BCUT2D eigenvalue weighted by Crippen LogP contribution is 2.42. The van der Waals surface area contributed by atoms with Crippen LogP contribution < -0.4 is 0 Å². The Labute approximate surface area is 171 Å². The molecule has 3 rings (SSSR count). The number of carboxylic acid groups (broad SMARTS) is 1. The van der Waals surface area contributed by atoms with Crippen molar-refractivity contribution in [1.82, 2.24) is 0 Å². The predicted octanol–water partition coefficient (Wildman–Crippen LogP) is 4.92. The normalized spacial score (nSPS) is 11.6. The average molecular weight is 392 g/mol. The minimum atomic E-state index is -1.13. The van der Waals surface area contributed by atoms with Crippen molar-refractivity contribution in [2.45, 2.75) is 38.5 Å². The van der Waals surface area contributed by atoms with Crippen LogP contribution in [0, 0.1) is 0 Å². The molecule has 0 saturated carbocycles. The zero-order valence-electron chi connectivity index (χ0n) is 17.2. The Bertz CT molecular complexity index is 990. The van der Waals surface area contributed by atoms with E-state index in [1.54, 1.807) is 6.07 Å². The minimum Gasteiger partial charge on any atom is -0.507 e. The lowest BCUT2D eigenvalue weighted by Crippen LogP contribution is -2.24. The number of hydrogen-bond donors (Lipinski definition) is 2. The zero-order chi connectivity index (χ0) is 20.5. The number of aromatic hydroxyl groups is 1. The minimum absolute atomic E-state index is 0. The van der Waals surface area contributed by atoms with Gasteiger partial charge in [-0.25, -0.2) is 4.79 Å². The lowest BCUT2D eigenvalue weighted by Gasteiger charge is -2.32. The standard InChI is InChI=1S/C25H26O3.H2O/c1-24(2,17-11-7-5-8-12-17)19-15-20(23(27)28)22(26)21(16-19)25(3,4)18-13-9-6-10-14-18;/h5-16,26H,1-4H3,(H,27,28);1H2. The highest BCUT2D eigenvalue weighted by molar-refractivity contribution is 5.92. The van der Waals surface area contributed by atoms with Gasteiger partial charge < -0.3 is 15.7 Å². The molecule has 29 heavy (non-hydrogen) atoms. The number of carboxylic acids is 1. The first-order valence-electron chi connectivity index (χ1n) is 9.38. The first-order valence-corrected chi connectivity index (χ1v) is 9.38. The molecule has 0 aliphatic heterocycles. The van der Waals surface area contributed by atoms with Crippen molar-refractivity contribution in [3.8, 4) is 5.75 Å². The van der Waals surface area contributed by atoms with E-state index in [-0.39, 0.29) is 16.8 Å². The zero-order valence-corrected chi connectivity index (χ0v) is 17.2. The summed E-state index contributed by atoms with van der Waals surface area (Å²) >= 11 is 0. The van der Waals surface area contributed by atoms with E-state index in [2.05, 4.69) is 13.8 Å². The lowest BCUT2D eigenvalue weighted by atomic mass is 9.72. The highest BCUT2D eigenvalue weighted by Gasteiger charge is 2.33. The van der Waals surface area contributed by atoms with Gasteiger partial charge in [-0.05, 0) is 22.8 Å². The van der Waals surface area contributed by atoms with Crippen LogP contribution in [0.15, 0.2) is 72.8 Å². The van der Waals surface area contributed by atoms with Gasteiger partial charge >= 0.3 is 5.97 Å². The predicted molar refractivity (Wildman–Crippen MR) is 116 cm³/mol. The second-order valence-electron chi connectivity index (χ2n) is 8.21. The molecule has 0 atom stereocenters. The van der Waals surface area contributed by atoms with Crippen LogP contribution in [0.4, 0.5) is 0 Å². The number of carbonyl (C=O) groups is 1. The van der Waals surface area contributed by atoms with Gasteiger partial charge in [-0.15, -0.1) is 0 Å². The Balaban J connectivity index is 0.00000300. The van der Waals surface area contributed by atoms with E-state index in [0.29, 0.717) is 5.56 Å². The molecule has 0 unspecified atom stereocenters. The van der Waals surface area contributed by atoms with Gasteiger partial charge in [0, 0.05) is 16.4 Å². The molecule has 0 bridgehead atoms. The number of hydrogen-bond acceptors (Lipinski definition) is 2. The maximum Gasteiger partial charge on any atom is 0.339 e. The summed E-state index contributed by atoms with van der Waals surface area (Å²) in [6.45, 7) is 8.14. The topological polar surface area (TPSA) is 89.0 Å². The largest absolute Gasteiger partial charge is 0.507 e. The summed E-state index contributed by atoms with van der Waals surface area (Å²) in [5, 5.41) is 20.6. The van der Waals surface area contributed by atoms with Crippen LogP contribution in [0.5, 0.6) is 5.75 Å². The molecule has 0 heterocycles. The van der Waals surface area contributed by atoms with Crippen LogP contribution in [0.3, 0.4) is 0 Å². The highest BCUT2D eigenvalue weighted by atomic mass is 16.4. The van der Waals surface area contributed by atoms with Gasteiger partial charge in [0.1, 0.15) is 11.3 Å². The molecule has 3 aromatic rings. The van der Waals surface area contributed by atoms with Crippen LogP contribution in [0.1, 0.15) is 60.3 Å². The van der Waals surface area contributed by atoms with E-state index in [4.69, 9.17) is 0 Å². The van der Waals surface area contributed by atoms with E-state index in [1.807, 2.05) is 80.6 Å². The van der Waals surface area contributed by atoms with Crippen molar-refractivity contribution in [3.63, 3.8) is 0 Å². The Hall–Kier alpha value is -3.11. The van der Waals surface area contributed by atoms with Gasteiger partial charge in [0.25, 0.3) is 0 Å². The summed E-state index contributed by atoms with van der Waals surface area (Å²) in [6.07, 6.45) is 0. The second kappa shape index (κ2) is 8.10. The molecule has 0 saturated heterocycles. The smallest absolute Gasteiger partial charge is 0.339 e. The quantitative estimate of drug-likeness (QED) is 0.646. The third-order valence-corrected chi connectivity index (χ3v) is 5.73. The molecule has 0 aliphatic carbocycles. The van der Waals surface area contributed by atoms with Crippen molar-refractivity contribution in [1.29, 1.82) is 0 Å². The van der Waals surface area contributed by atoms with E-state index < -0.39 is 16.8 Å². The number of aromatic carboxylic acids is 1. The van der Waals surface area contributed by atoms with Crippen LogP contribution >= 0.6 is 0 Å². The number of phenols is 1. The van der Waals surface area contributed by atoms with Gasteiger partial charge in [-0.1, -0.05) is 94.4 Å². The first-order chi connectivity index (χ1) is 13.2. The SMILES string of the molecule is CC(C)(c1ccccc1)c1cc(C(=O)O)c(O)c(C(C)(C)c2ccccc2)c1.O. The fourth-order valence-electron chi connectivity index (χ4n) is 3.67. The molecule has 0 spiro atoms. The molecule has 152 valence electrons. The molecule has 4 N–H and O–H groups in total. The molecule has 0 aromatic heterocycles. The molecule has 0 radical (unpaired) electrons. The molecular formula is C25H28O4. The second-order valence-corrected chi connectivity index (χ2v) is 8.21. The molecule has 3 aromatic carbocycles. The summed E-state index contributed by atoms with van der Waals surface area (Å²) in [5.41, 5.74) is 2.52. The van der Waals surface area contributed by atoms with Gasteiger partial charge in [0.15, 0.2) is 0 Å². The van der Waals surface area contributed by atoms with Gasteiger partial charge in [-0.2, -0.15) is 0 Å². The van der Waals surface area contributed by atoms with Crippen molar-refractivity contribution in [2.24, 2.45) is 0 Å². The fraction of sp³-hybridized carbons (Fsp3) is 0.240. The monoisotopic (exact) mass is 392 g/mol. The molecule has 0 amide bonds. The summed E-state index contributed by atoms with van der Waals surface area (Å²) < 4.78 is 0. The molecular weight excluding hydrogens is 364 g/mol. The number of rotatable bonds is 5. The Morgan fingerprint density at radius 3 is 1.62 bits per heavy atom. The van der Waals surface area contributed by atoms with Crippen molar-refractivity contribution >= 4 is 5.97 Å². The van der Waals surface area contributed by atoms with Crippen molar-refractivity contribution in [3.05, 3.63) is 101 Å². The van der Waals surface area contributed by atoms with Crippen LogP contribution in [0.25, 0.3) is 0 Å². The maximum atomic E-state index is 11.9. The van der Waals surface area contributed by atoms with Crippen LogP contribution in [-0.2, 0) is 10.8 Å². The number of benzene rings is 3. The Morgan fingerprint density at radius 1 is 0.724 bits per heavy atom. The molecule has 4 nitrogen and oxygen atoms in total. The third-order valence-electron chi connectivity index (χ3n) is 5.73.